The molecule has 3 atom stereocenters. The van der Waals surface area contributed by atoms with Gasteiger partial charge in [0.2, 0.25) is 5.91 Å². The molecule has 0 bridgehead atoms. The predicted molar refractivity (Wildman–Crippen MR) is 171 cm³/mol. The molecule has 238 valence electrons. The zero-order chi connectivity index (χ0) is 30.6. The molecule has 0 fully saturated rings. The van der Waals surface area contributed by atoms with Gasteiger partial charge in [0.25, 0.3) is 10.1 Å². The number of aliphatic hydroxyl groups excluding tert-OH is 2. The Kier molecular flexibility index (Phi) is 26.0. The van der Waals surface area contributed by atoms with E-state index in [1.165, 1.54) is 51.0 Å². The summed E-state index contributed by atoms with van der Waals surface area (Å²) in [5.41, 5.74) is 0. The molecule has 0 aromatic rings. The Morgan fingerprint density at radius 2 is 1.17 bits per heavy atom. The minimum absolute atomic E-state index is 0.262. The zero-order valence-electron chi connectivity index (χ0n) is 25.8. The van der Waals surface area contributed by atoms with Crippen LogP contribution in [0.15, 0.2) is 48.6 Å². The molecular weight excluding hydrogens is 538 g/mol. The number of unbranched alkanes of at least 4 members (excludes halogenated alkanes) is 12. The number of nitrogens with one attached hydrogen (secondary N) is 1. The van der Waals surface area contributed by atoms with Gasteiger partial charge in [0.05, 0.1) is 17.9 Å². The number of amides is 1. The maximum atomic E-state index is 12.5. The van der Waals surface area contributed by atoms with Crippen molar-refractivity contribution in [2.24, 2.45) is 0 Å². The fraction of sp³-hybridized carbons (Fsp3) is 0.727. The smallest absolute Gasteiger partial charge is 0.267 e. The second kappa shape index (κ2) is 27.1. The number of carbonyl (C=O) groups excluding carboxylic acids is 1. The average molecular weight is 598 g/mol. The summed E-state index contributed by atoms with van der Waals surface area (Å²) < 4.78 is 32.2. The Bertz CT molecular complexity index is 850. The third-order valence-electron chi connectivity index (χ3n) is 6.82. The molecule has 0 saturated carbocycles. The Hall–Kier alpha value is -1.74. The fourth-order valence-electron chi connectivity index (χ4n) is 4.37. The Morgan fingerprint density at radius 1 is 0.683 bits per heavy atom. The summed E-state index contributed by atoms with van der Waals surface area (Å²) in [6.07, 6.45) is 31.8. The average Bonchev–Trinajstić information content (AvgIpc) is 2.92. The first-order chi connectivity index (χ1) is 19.7. The fourth-order valence-corrected chi connectivity index (χ4v) is 5.10. The van der Waals surface area contributed by atoms with Crippen LogP contribution in [-0.2, 0) is 14.9 Å². The highest BCUT2D eigenvalue weighted by Crippen LogP contribution is 2.12. The van der Waals surface area contributed by atoms with Crippen LogP contribution in [-0.4, -0.2) is 53.1 Å². The minimum atomic E-state index is -4.45. The monoisotopic (exact) mass is 597 g/mol. The molecule has 0 spiro atoms. The SMILES string of the molecule is CC/C=C/CC/C=C/CC/C=C/C(O)C(CS(=O)(=O)O)NC(=O)C(O)CCCCCCCC/C=C\CCCCCC. The molecule has 7 nitrogen and oxygen atoms in total. The van der Waals surface area contributed by atoms with Gasteiger partial charge in [-0.2, -0.15) is 8.42 Å². The Balaban J connectivity index is 4.26. The van der Waals surface area contributed by atoms with Gasteiger partial charge in [-0.25, -0.2) is 0 Å². The molecule has 0 radical (unpaired) electrons. The van der Waals surface area contributed by atoms with Crippen molar-refractivity contribution in [3.63, 3.8) is 0 Å². The van der Waals surface area contributed by atoms with Crippen LogP contribution in [0.5, 0.6) is 0 Å². The Labute approximate surface area is 251 Å². The van der Waals surface area contributed by atoms with E-state index in [2.05, 4.69) is 55.6 Å². The molecule has 0 aromatic carbocycles. The summed E-state index contributed by atoms with van der Waals surface area (Å²) in [7, 11) is -4.45. The topological polar surface area (TPSA) is 124 Å². The molecule has 3 unspecified atom stereocenters. The van der Waals surface area contributed by atoms with Crippen molar-refractivity contribution in [3.8, 4) is 0 Å². The molecule has 0 aliphatic rings. The molecule has 8 heteroatoms. The highest BCUT2D eigenvalue weighted by Gasteiger charge is 2.27. The summed E-state index contributed by atoms with van der Waals surface area (Å²) in [5.74, 6) is -1.58. The van der Waals surface area contributed by atoms with Crippen LogP contribution < -0.4 is 5.32 Å². The lowest BCUT2D eigenvalue weighted by atomic mass is 10.0. The molecule has 0 aliphatic carbocycles. The van der Waals surface area contributed by atoms with Crippen LogP contribution in [0.3, 0.4) is 0 Å². The van der Waals surface area contributed by atoms with Crippen molar-refractivity contribution in [2.75, 3.05) is 5.75 Å². The first kappa shape index (κ1) is 39.3. The largest absolute Gasteiger partial charge is 0.387 e. The number of hydrogen-bond acceptors (Lipinski definition) is 5. The number of allylic oxidation sites excluding steroid dienone is 7. The summed E-state index contributed by atoms with van der Waals surface area (Å²) in [6, 6.07) is -1.25. The van der Waals surface area contributed by atoms with Crippen molar-refractivity contribution >= 4 is 16.0 Å². The van der Waals surface area contributed by atoms with Crippen molar-refractivity contribution < 1.29 is 28.0 Å². The van der Waals surface area contributed by atoms with Crippen LogP contribution in [0, 0.1) is 0 Å². The molecule has 41 heavy (non-hydrogen) atoms. The van der Waals surface area contributed by atoms with Gasteiger partial charge in [-0.05, 0) is 64.2 Å². The van der Waals surface area contributed by atoms with Gasteiger partial charge < -0.3 is 15.5 Å². The standard InChI is InChI=1S/C33H59NO6S/c1-3-5-7-9-11-13-15-16-17-18-20-22-24-26-28-32(36)33(37)34-30(29-41(38,39)40)31(35)27-25-23-21-19-14-12-10-8-6-4-2/h6,8,13-15,19,25,27,30-32,35-36H,3-5,7,9-12,16-18,20-24,26,28-29H2,1-2H3,(H,34,37)(H,38,39,40)/b8-6+,15-13-,19-14+,27-25+. The maximum absolute atomic E-state index is 12.5. The third kappa shape index (κ3) is 26.9. The van der Waals surface area contributed by atoms with Crippen molar-refractivity contribution in [1.82, 2.24) is 5.32 Å². The second-order valence-electron chi connectivity index (χ2n) is 10.8. The first-order valence-corrected chi connectivity index (χ1v) is 17.6. The van der Waals surface area contributed by atoms with E-state index in [-0.39, 0.29) is 6.42 Å². The van der Waals surface area contributed by atoms with E-state index in [1.807, 2.05) is 0 Å². The molecule has 0 heterocycles. The van der Waals surface area contributed by atoms with Gasteiger partial charge in [-0.1, -0.05) is 114 Å². The van der Waals surface area contributed by atoms with Crippen LogP contribution >= 0.6 is 0 Å². The molecule has 0 aromatic heterocycles. The third-order valence-corrected chi connectivity index (χ3v) is 7.60. The van der Waals surface area contributed by atoms with E-state index in [1.54, 1.807) is 6.08 Å². The quantitative estimate of drug-likeness (QED) is 0.0445. The summed E-state index contributed by atoms with van der Waals surface area (Å²) >= 11 is 0. The van der Waals surface area contributed by atoms with Gasteiger partial charge in [-0.15, -0.1) is 0 Å². The molecule has 0 rings (SSSR count). The zero-order valence-corrected chi connectivity index (χ0v) is 26.6. The maximum Gasteiger partial charge on any atom is 0.267 e. The molecular formula is C33H59NO6S. The van der Waals surface area contributed by atoms with Gasteiger partial charge in [0.1, 0.15) is 6.10 Å². The van der Waals surface area contributed by atoms with E-state index in [0.29, 0.717) is 12.8 Å². The lowest BCUT2D eigenvalue weighted by Gasteiger charge is -2.22. The van der Waals surface area contributed by atoms with Gasteiger partial charge in [0.15, 0.2) is 0 Å². The molecule has 4 N–H and O–H groups in total. The van der Waals surface area contributed by atoms with Gasteiger partial charge in [0, 0.05) is 0 Å². The first-order valence-electron chi connectivity index (χ1n) is 15.9. The molecule has 0 aliphatic heterocycles. The van der Waals surface area contributed by atoms with Crippen molar-refractivity contribution in [3.05, 3.63) is 48.6 Å². The van der Waals surface area contributed by atoms with Crippen LogP contribution in [0.2, 0.25) is 0 Å². The lowest BCUT2D eigenvalue weighted by molar-refractivity contribution is -0.130. The van der Waals surface area contributed by atoms with Crippen LogP contribution in [0.25, 0.3) is 0 Å². The van der Waals surface area contributed by atoms with E-state index >= 15 is 0 Å². The second-order valence-corrected chi connectivity index (χ2v) is 12.3. The van der Waals surface area contributed by atoms with E-state index < -0.39 is 40.0 Å². The minimum Gasteiger partial charge on any atom is -0.387 e. The number of aliphatic hydroxyl groups is 2. The van der Waals surface area contributed by atoms with E-state index in [0.717, 1.165) is 51.4 Å². The lowest BCUT2D eigenvalue weighted by Crippen LogP contribution is -2.50. The number of rotatable bonds is 27. The predicted octanol–water partition coefficient (Wildman–Crippen LogP) is 7.37. The van der Waals surface area contributed by atoms with Crippen LogP contribution in [0.1, 0.15) is 129 Å². The van der Waals surface area contributed by atoms with Crippen molar-refractivity contribution in [1.29, 1.82) is 0 Å². The summed E-state index contributed by atoms with van der Waals surface area (Å²) in [5, 5.41) is 23.1. The number of carbonyl (C=O) groups is 1. The highest BCUT2D eigenvalue weighted by atomic mass is 32.2. The summed E-state index contributed by atoms with van der Waals surface area (Å²) in [6.45, 7) is 4.32. The highest BCUT2D eigenvalue weighted by molar-refractivity contribution is 7.85. The summed E-state index contributed by atoms with van der Waals surface area (Å²) in [4.78, 5) is 12.5. The normalized spacial score (nSPS) is 15.0. The van der Waals surface area contributed by atoms with Crippen LogP contribution in [0.4, 0.5) is 0 Å². The Morgan fingerprint density at radius 3 is 1.73 bits per heavy atom. The molecule has 1 amide bonds. The van der Waals surface area contributed by atoms with E-state index in [9.17, 15) is 28.0 Å². The van der Waals surface area contributed by atoms with E-state index in [4.69, 9.17) is 0 Å². The van der Waals surface area contributed by atoms with Gasteiger partial charge >= 0.3 is 0 Å². The van der Waals surface area contributed by atoms with Crippen molar-refractivity contribution in [2.45, 2.75) is 148 Å². The molecule has 0 saturated heterocycles. The van der Waals surface area contributed by atoms with Gasteiger partial charge in [-0.3, -0.25) is 9.35 Å². The number of hydrogen-bond donors (Lipinski definition) is 4.